The second-order valence-corrected chi connectivity index (χ2v) is 5.06. The summed E-state index contributed by atoms with van der Waals surface area (Å²) in [4.78, 5) is 8.81. The van der Waals surface area contributed by atoms with Gasteiger partial charge in [-0.3, -0.25) is 4.98 Å². The number of nitrogens with one attached hydrogen (secondary N) is 1. The van der Waals surface area contributed by atoms with Crippen molar-refractivity contribution in [3.05, 3.63) is 35.2 Å². The number of nitrogens with zero attached hydrogens (tertiary/aromatic N) is 4. The van der Waals surface area contributed by atoms with Crippen LogP contribution in [0.1, 0.15) is 36.0 Å². The molecule has 2 rings (SSSR count). The highest BCUT2D eigenvalue weighted by Crippen LogP contribution is 2.24. The highest BCUT2D eigenvalue weighted by Gasteiger charge is 2.12. The molecule has 0 aliphatic rings. The summed E-state index contributed by atoms with van der Waals surface area (Å²) in [5.74, 6) is 1.81. The lowest BCUT2D eigenvalue weighted by Crippen LogP contribution is -2.19. The SMILES string of the molecule is CCCNCc1ncnn1Cc1ncc(C)c(OC)c1C. The van der Waals surface area contributed by atoms with Crippen LogP contribution in [-0.4, -0.2) is 33.4 Å². The first-order chi connectivity index (χ1) is 10.2. The van der Waals surface area contributed by atoms with Crippen LogP contribution in [0.3, 0.4) is 0 Å². The van der Waals surface area contributed by atoms with E-state index in [0.717, 1.165) is 47.9 Å². The van der Waals surface area contributed by atoms with Crippen molar-refractivity contribution < 1.29 is 4.74 Å². The average molecular weight is 289 g/mol. The fourth-order valence-corrected chi connectivity index (χ4v) is 2.31. The second kappa shape index (κ2) is 7.17. The molecule has 0 aliphatic heterocycles. The number of pyridine rings is 1. The van der Waals surface area contributed by atoms with Gasteiger partial charge in [0.25, 0.3) is 0 Å². The zero-order chi connectivity index (χ0) is 15.2. The fourth-order valence-electron chi connectivity index (χ4n) is 2.31. The van der Waals surface area contributed by atoms with Crippen LogP contribution in [0.2, 0.25) is 0 Å². The summed E-state index contributed by atoms with van der Waals surface area (Å²) in [6, 6.07) is 0. The minimum atomic E-state index is 0.603. The Morgan fingerprint density at radius 2 is 2.10 bits per heavy atom. The van der Waals surface area contributed by atoms with Crippen LogP contribution >= 0.6 is 0 Å². The van der Waals surface area contributed by atoms with E-state index >= 15 is 0 Å². The van der Waals surface area contributed by atoms with Crippen molar-refractivity contribution in [3.63, 3.8) is 0 Å². The van der Waals surface area contributed by atoms with Crippen molar-refractivity contribution in [1.82, 2.24) is 25.1 Å². The standard InChI is InChI=1S/C15H23N5O/c1-5-6-16-8-14-18-10-19-20(14)9-13-12(3)15(21-4)11(2)7-17-13/h7,10,16H,5-6,8-9H2,1-4H3. The van der Waals surface area contributed by atoms with Gasteiger partial charge < -0.3 is 10.1 Å². The maximum absolute atomic E-state index is 5.45. The Kier molecular flexibility index (Phi) is 5.27. The van der Waals surface area contributed by atoms with E-state index in [2.05, 4.69) is 27.3 Å². The van der Waals surface area contributed by atoms with Gasteiger partial charge in [0.1, 0.15) is 17.9 Å². The molecule has 0 spiro atoms. The third kappa shape index (κ3) is 3.58. The molecule has 0 aliphatic carbocycles. The van der Waals surface area contributed by atoms with E-state index in [1.165, 1.54) is 0 Å². The third-order valence-corrected chi connectivity index (χ3v) is 3.45. The first kappa shape index (κ1) is 15.4. The largest absolute Gasteiger partial charge is 0.496 e. The van der Waals surface area contributed by atoms with E-state index in [1.807, 2.05) is 24.7 Å². The summed E-state index contributed by atoms with van der Waals surface area (Å²) >= 11 is 0. The van der Waals surface area contributed by atoms with Gasteiger partial charge in [0, 0.05) is 17.3 Å². The lowest BCUT2D eigenvalue weighted by atomic mass is 10.1. The molecule has 0 saturated carbocycles. The molecule has 6 heteroatoms. The highest BCUT2D eigenvalue weighted by atomic mass is 16.5. The molecule has 0 bridgehead atoms. The molecule has 0 atom stereocenters. The Balaban J connectivity index is 2.17. The molecule has 114 valence electrons. The number of hydrogen-bond donors (Lipinski definition) is 1. The van der Waals surface area contributed by atoms with Crippen LogP contribution < -0.4 is 10.1 Å². The maximum atomic E-state index is 5.45. The van der Waals surface area contributed by atoms with Crippen molar-refractivity contribution in [1.29, 1.82) is 0 Å². The Hall–Kier alpha value is -1.95. The topological polar surface area (TPSA) is 64.9 Å². The van der Waals surface area contributed by atoms with Gasteiger partial charge in [0.2, 0.25) is 0 Å². The Morgan fingerprint density at radius 1 is 1.29 bits per heavy atom. The van der Waals surface area contributed by atoms with Crippen molar-refractivity contribution in [2.24, 2.45) is 0 Å². The monoisotopic (exact) mass is 289 g/mol. The third-order valence-electron chi connectivity index (χ3n) is 3.45. The van der Waals surface area contributed by atoms with Crippen LogP contribution in [0.15, 0.2) is 12.5 Å². The van der Waals surface area contributed by atoms with Crippen LogP contribution in [0.25, 0.3) is 0 Å². The number of hydrogen-bond acceptors (Lipinski definition) is 5. The van der Waals surface area contributed by atoms with E-state index in [1.54, 1.807) is 13.4 Å². The van der Waals surface area contributed by atoms with E-state index < -0.39 is 0 Å². The summed E-state index contributed by atoms with van der Waals surface area (Å²) < 4.78 is 7.33. The summed E-state index contributed by atoms with van der Waals surface area (Å²) in [6.07, 6.45) is 4.53. The van der Waals surface area contributed by atoms with Crippen LogP contribution in [0.5, 0.6) is 5.75 Å². The summed E-state index contributed by atoms with van der Waals surface area (Å²) in [5, 5.41) is 7.64. The molecule has 1 N–H and O–H groups in total. The highest BCUT2D eigenvalue weighted by molar-refractivity contribution is 5.41. The van der Waals surface area contributed by atoms with Gasteiger partial charge >= 0.3 is 0 Å². The van der Waals surface area contributed by atoms with Crippen LogP contribution in [-0.2, 0) is 13.1 Å². The molecule has 21 heavy (non-hydrogen) atoms. The summed E-state index contributed by atoms with van der Waals surface area (Å²) in [7, 11) is 1.69. The predicted octanol–water partition coefficient (Wildman–Crippen LogP) is 1.85. The Bertz CT molecular complexity index is 594. The van der Waals surface area contributed by atoms with Crippen molar-refractivity contribution in [2.45, 2.75) is 40.3 Å². The zero-order valence-electron chi connectivity index (χ0n) is 13.2. The number of ether oxygens (including phenoxy) is 1. The van der Waals surface area contributed by atoms with Gasteiger partial charge in [-0.1, -0.05) is 6.92 Å². The molecule has 0 aromatic carbocycles. The van der Waals surface area contributed by atoms with Gasteiger partial charge in [0.15, 0.2) is 0 Å². The van der Waals surface area contributed by atoms with Crippen LogP contribution in [0.4, 0.5) is 0 Å². The molecule has 0 radical (unpaired) electrons. The molecule has 6 nitrogen and oxygen atoms in total. The minimum absolute atomic E-state index is 0.603. The lowest BCUT2D eigenvalue weighted by Gasteiger charge is -2.13. The summed E-state index contributed by atoms with van der Waals surface area (Å²) in [6.45, 7) is 8.46. The number of aryl methyl sites for hydroxylation is 1. The maximum Gasteiger partial charge on any atom is 0.141 e. The first-order valence-corrected chi connectivity index (χ1v) is 7.23. The first-order valence-electron chi connectivity index (χ1n) is 7.23. The van der Waals surface area contributed by atoms with Gasteiger partial charge in [-0.05, 0) is 26.8 Å². The molecule has 0 saturated heterocycles. The number of aromatic nitrogens is 4. The number of methoxy groups -OCH3 is 1. The smallest absolute Gasteiger partial charge is 0.141 e. The average Bonchev–Trinajstić information content (AvgIpc) is 2.90. The lowest BCUT2D eigenvalue weighted by molar-refractivity contribution is 0.406. The van der Waals surface area contributed by atoms with Crippen molar-refractivity contribution in [3.8, 4) is 5.75 Å². The van der Waals surface area contributed by atoms with E-state index in [9.17, 15) is 0 Å². The normalized spacial score (nSPS) is 10.9. The molecular weight excluding hydrogens is 266 g/mol. The Labute approximate surface area is 125 Å². The van der Waals surface area contributed by atoms with E-state index in [0.29, 0.717) is 6.54 Å². The molecule has 2 aromatic rings. The van der Waals surface area contributed by atoms with Crippen LogP contribution in [0, 0.1) is 13.8 Å². The number of rotatable bonds is 7. The van der Waals surface area contributed by atoms with Gasteiger partial charge in [-0.2, -0.15) is 5.10 Å². The molecule has 0 amide bonds. The Morgan fingerprint density at radius 3 is 2.81 bits per heavy atom. The predicted molar refractivity (Wildman–Crippen MR) is 81.4 cm³/mol. The van der Waals surface area contributed by atoms with Gasteiger partial charge in [0.05, 0.1) is 25.9 Å². The minimum Gasteiger partial charge on any atom is -0.496 e. The molecule has 2 aromatic heterocycles. The molecule has 0 unspecified atom stereocenters. The molecular formula is C15H23N5O. The van der Waals surface area contributed by atoms with Gasteiger partial charge in [-0.25, -0.2) is 9.67 Å². The second-order valence-electron chi connectivity index (χ2n) is 5.06. The molecule has 0 fully saturated rings. The van der Waals surface area contributed by atoms with E-state index in [-0.39, 0.29) is 0 Å². The van der Waals surface area contributed by atoms with Gasteiger partial charge in [-0.15, -0.1) is 0 Å². The summed E-state index contributed by atoms with van der Waals surface area (Å²) in [5.41, 5.74) is 3.06. The van der Waals surface area contributed by atoms with Crippen molar-refractivity contribution in [2.75, 3.05) is 13.7 Å². The zero-order valence-corrected chi connectivity index (χ0v) is 13.2. The molecule has 2 heterocycles. The van der Waals surface area contributed by atoms with E-state index in [4.69, 9.17) is 4.74 Å². The van der Waals surface area contributed by atoms with Crippen molar-refractivity contribution >= 4 is 0 Å². The fraction of sp³-hybridized carbons (Fsp3) is 0.533. The quantitative estimate of drug-likeness (QED) is 0.788.